The Hall–Kier alpha value is -1.16. The lowest BCUT2D eigenvalue weighted by molar-refractivity contribution is -0.129. The lowest BCUT2D eigenvalue weighted by Gasteiger charge is -2.30. The van der Waals surface area contributed by atoms with Crippen molar-refractivity contribution in [2.24, 2.45) is 11.3 Å². The highest BCUT2D eigenvalue weighted by Crippen LogP contribution is 2.36. The summed E-state index contributed by atoms with van der Waals surface area (Å²) in [7, 11) is 0. The highest BCUT2D eigenvalue weighted by Gasteiger charge is 2.43. The first kappa shape index (κ1) is 13.3. The Morgan fingerprint density at radius 1 is 1.61 bits per heavy atom. The molecule has 18 heavy (non-hydrogen) atoms. The van der Waals surface area contributed by atoms with Crippen molar-refractivity contribution >= 4 is 5.78 Å². The van der Waals surface area contributed by atoms with Crippen LogP contribution < -0.4 is 5.32 Å². The number of aryl methyl sites for hydroxylation is 1. The first-order valence-corrected chi connectivity index (χ1v) is 6.84. The summed E-state index contributed by atoms with van der Waals surface area (Å²) in [5.74, 6) is 0.749. The lowest BCUT2D eigenvalue weighted by Crippen LogP contribution is -2.39. The molecule has 0 aliphatic carbocycles. The van der Waals surface area contributed by atoms with Crippen molar-refractivity contribution in [3.05, 3.63) is 18.0 Å². The van der Waals surface area contributed by atoms with Gasteiger partial charge >= 0.3 is 0 Å². The number of rotatable bonds is 5. The molecule has 0 saturated carbocycles. The fourth-order valence-corrected chi connectivity index (χ4v) is 2.80. The molecule has 1 N–H and O–H groups in total. The fraction of sp³-hybridized carbons (Fsp3) is 0.714. The van der Waals surface area contributed by atoms with Crippen LogP contribution in [0.1, 0.15) is 32.8 Å². The molecular weight excluding hydrogens is 226 g/mol. The molecule has 0 bridgehead atoms. The monoisotopic (exact) mass is 249 g/mol. The highest BCUT2D eigenvalue weighted by atomic mass is 16.1. The topological polar surface area (TPSA) is 46.9 Å². The minimum absolute atomic E-state index is 0.172. The maximum absolute atomic E-state index is 12.6. The Bertz CT molecular complexity index is 416. The van der Waals surface area contributed by atoms with E-state index >= 15 is 0 Å². The summed E-state index contributed by atoms with van der Waals surface area (Å²) < 4.78 is 1.87. The van der Waals surface area contributed by atoms with E-state index in [1.807, 2.05) is 17.1 Å². The molecule has 4 heteroatoms. The largest absolute Gasteiger partial charge is 0.316 e. The number of hydrogen-bond acceptors (Lipinski definition) is 3. The lowest BCUT2D eigenvalue weighted by atomic mass is 9.71. The van der Waals surface area contributed by atoms with Gasteiger partial charge in [-0.3, -0.25) is 9.48 Å². The number of carbonyl (C=O) groups excluding carboxylic acids is 1. The first-order valence-electron chi connectivity index (χ1n) is 6.84. The number of aromatic nitrogens is 2. The van der Waals surface area contributed by atoms with Crippen molar-refractivity contribution in [3.8, 4) is 0 Å². The third-order valence-electron chi connectivity index (χ3n) is 4.22. The van der Waals surface area contributed by atoms with Crippen molar-refractivity contribution in [2.45, 2.75) is 40.2 Å². The number of Topliss-reactive ketones (excluding diaryl/α,β-unsaturated/α-hetero) is 1. The molecule has 4 nitrogen and oxygen atoms in total. The Balaban J connectivity index is 2.10. The molecule has 0 aromatic carbocycles. The maximum Gasteiger partial charge on any atom is 0.145 e. The predicted octanol–water partition coefficient (Wildman–Crippen LogP) is 1.65. The average molecular weight is 249 g/mol. The van der Waals surface area contributed by atoms with Gasteiger partial charge in [-0.05, 0) is 31.4 Å². The van der Waals surface area contributed by atoms with Crippen LogP contribution in [-0.4, -0.2) is 28.7 Å². The summed E-state index contributed by atoms with van der Waals surface area (Å²) in [6, 6.07) is 0. The molecule has 2 heterocycles. The average Bonchev–Trinajstić information content (AvgIpc) is 2.97. The van der Waals surface area contributed by atoms with Crippen molar-refractivity contribution in [3.63, 3.8) is 0 Å². The summed E-state index contributed by atoms with van der Waals surface area (Å²) in [5.41, 5.74) is 0.864. The fourth-order valence-electron chi connectivity index (χ4n) is 2.80. The molecule has 1 aromatic heterocycles. The second kappa shape index (κ2) is 5.22. The number of hydrogen-bond donors (Lipinski definition) is 1. The number of ketones is 1. The Labute approximate surface area is 109 Å². The van der Waals surface area contributed by atoms with Crippen molar-refractivity contribution in [1.82, 2.24) is 15.1 Å². The van der Waals surface area contributed by atoms with Gasteiger partial charge in [0.1, 0.15) is 5.78 Å². The molecule has 1 aliphatic rings. The van der Waals surface area contributed by atoms with Crippen molar-refractivity contribution in [2.75, 3.05) is 13.1 Å². The normalized spacial score (nSPS) is 23.8. The van der Waals surface area contributed by atoms with Crippen LogP contribution in [0.25, 0.3) is 0 Å². The molecule has 1 saturated heterocycles. The third-order valence-corrected chi connectivity index (χ3v) is 4.22. The van der Waals surface area contributed by atoms with Crippen LogP contribution in [0.2, 0.25) is 0 Å². The Morgan fingerprint density at radius 2 is 2.39 bits per heavy atom. The molecule has 1 unspecified atom stereocenters. The van der Waals surface area contributed by atoms with Crippen LogP contribution in [-0.2, 0) is 17.8 Å². The SMILES string of the molecule is CCn1cc(CC(=O)C2(C(C)C)CCNC2)cn1. The zero-order valence-corrected chi connectivity index (χ0v) is 11.6. The summed E-state index contributed by atoms with van der Waals surface area (Å²) in [5, 5.41) is 7.57. The molecule has 100 valence electrons. The molecule has 0 spiro atoms. The van der Waals surface area contributed by atoms with E-state index in [0.29, 0.717) is 18.1 Å². The molecule has 1 atom stereocenters. The zero-order chi connectivity index (χ0) is 13.2. The second-order valence-electron chi connectivity index (χ2n) is 5.54. The summed E-state index contributed by atoms with van der Waals surface area (Å²) in [6.45, 7) is 8.99. The zero-order valence-electron chi connectivity index (χ0n) is 11.6. The third kappa shape index (κ3) is 2.34. The Morgan fingerprint density at radius 3 is 2.89 bits per heavy atom. The van der Waals surface area contributed by atoms with Gasteiger partial charge in [-0.1, -0.05) is 13.8 Å². The van der Waals surface area contributed by atoms with E-state index in [1.165, 1.54) is 0 Å². The van der Waals surface area contributed by atoms with Crippen molar-refractivity contribution < 1.29 is 4.79 Å². The van der Waals surface area contributed by atoms with Gasteiger partial charge in [-0.15, -0.1) is 0 Å². The van der Waals surface area contributed by atoms with E-state index < -0.39 is 0 Å². The molecule has 2 rings (SSSR count). The number of carbonyl (C=O) groups is 1. The predicted molar refractivity (Wildman–Crippen MR) is 71.4 cm³/mol. The summed E-state index contributed by atoms with van der Waals surface area (Å²) in [4.78, 5) is 12.6. The van der Waals surface area contributed by atoms with Crippen LogP contribution >= 0.6 is 0 Å². The molecule has 0 radical (unpaired) electrons. The van der Waals surface area contributed by atoms with E-state index in [9.17, 15) is 4.79 Å². The van der Waals surface area contributed by atoms with Gasteiger partial charge in [-0.25, -0.2) is 0 Å². The van der Waals surface area contributed by atoms with E-state index in [2.05, 4.69) is 31.2 Å². The van der Waals surface area contributed by atoms with E-state index in [0.717, 1.165) is 31.6 Å². The van der Waals surface area contributed by atoms with Crippen LogP contribution in [0.5, 0.6) is 0 Å². The molecule has 0 amide bonds. The number of nitrogens with zero attached hydrogens (tertiary/aromatic N) is 2. The molecule has 1 fully saturated rings. The molecule has 1 aromatic rings. The van der Waals surface area contributed by atoms with Gasteiger partial charge in [0.05, 0.1) is 6.20 Å². The minimum atomic E-state index is -0.172. The maximum atomic E-state index is 12.6. The van der Waals surface area contributed by atoms with Crippen LogP contribution in [0.15, 0.2) is 12.4 Å². The van der Waals surface area contributed by atoms with Gasteiger partial charge < -0.3 is 5.32 Å². The quantitative estimate of drug-likeness (QED) is 0.863. The van der Waals surface area contributed by atoms with Crippen LogP contribution in [0, 0.1) is 11.3 Å². The van der Waals surface area contributed by atoms with Gasteiger partial charge in [-0.2, -0.15) is 5.10 Å². The van der Waals surface area contributed by atoms with E-state index in [4.69, 9.17) is 0 Å². The van der Waals surface area contributed by atoms with Gasteiger partial charge in [0.2, 0.25) is 0 Å². The van der Waals surface area contributed by atoms with Gasteiger partial charge in [0, 0.05) is 31.1 Å². The van der Waals surface area contributed by atoms with Crippen molar-refractivity contribution in [1.29, 1.82) is 0 Å². The van der Waals surface area contributed by atoms with Gasteiger partial charge in [0.25, 0.3) is 0 Å². The Kier molecular flexibility index (Phi) is 3.85. The minimum Gasteiger partial charge on any atom is -0.316 e. The standard InChI is InChI=1S/C14H23N3O/c1-4-17-9-12(8-16-17)7-13(18)14(11(2)3)5-6-15-10-14/h8-9,11,15H,4-7,10H2,1-3H3. The first-order chi connectivity index (χ1) is 8.58. The van der Waals surface area contributed by atoms with Crippen LogP contribution in [0.4, 0.5) is 0 Å². The van der Waals surface area contributed by atoms with Gasteiger partial charge in [0.15, 0.2) is 0 Å². The smallest absolute Gasteiger partial charge is 0.145 e. The molecular formula is C14H23N3O. The van der Waals surface area contributed by atoms with E-state index in [1.54, 1.807) is 0 Å². The summed E-state index contributed by atoms with van der Waals surface area (Å²) >= 11 is 0. The second-order valence-corrected chi connectivity index (χ2v) is 5.54. The van der Waals surface area contributed by atoms with E-state index in [-0.39, 0.29) is 5.41 Å². The number of nitrogens with one attached hydrogen (secondary N) is 1. The molecule has 1 aliphatic heterocycles. The van der Waals surface area contributed by atoms with Crippen LogP contribution in [0.3, 0.4) is 0 Å². The summed E-state index contributed by atoms with van der Waals surface area (Å²) in [6.07, 6.45) is 5.28. The highest BCUT2D eigenvalue weighted by molar-refractivity contribution is 5.87.